The van der Waals surface area contributed by atoms with Gasteiger partial charge in [-0.1, -0.05) is 25.1 Å². The molecule has 3 rings (SSSR count). The third-order valence-corrected chi connectivity index (χ3v) is 5.58. The van der Waals surface area contributed by atoms with Crippen LogP contribution in [0.4, 0.5) is 4.79 Å². The molecular weight excluding hydrogens is 384 g/mol. The van der Waals surface area contributed by atoms with Gasteiger partial charge in [-0.15, -0.1) is 0 Å². The average molecular weight is 417 g/mol. The molecule has 2 aliphatic heterocycles. The molecule has 2 unspecified atom stereocenters. The Morgan fingerprint density at radius 1 is 1.30 bits per heavy atom. The van der Waals surface area contributed by atoms with Crippen LogP contribution in [0.1, 0.15) is 63.5 Å². The van der Waals surface area contributed by atoms with Crippen molar-refractivity contribution in [3.8, 4) is 0 Å². The quantitative estimate of drug-likeness (QED) is 0.757. The van der Waals surface area contributed by atoms with Gasteiger partial charge in [-0.25, -0.2) is 4.79 Å². The summed E-state index contributed by atoms with van der Waals surface area (Å²) in [7, 11) is 1.37. The minimum absolute atomic E-state index is 0.300. The SMILES string of the molecule is CCC(C(=O)OC)N1Cc2ccc(C3=CCN(C(=O)OC(C)(C)C)CC3)cc2C1O. The van der Waals surface area contributed by atoms with Crippen LogP contribution in [-0.2, 0) is 20.8 Å². The van der Waals surface area contributed by atoms with Crippen LogP contribution in [0, 0.1) is 0 Å². The Hall–Kier alpha value is -2.38. The molecule has 7 heteroatoms. The third-order valence-electron chi connectivity index (χ3n) is 5.58. The predicted molar refractivity (Wildman–Crippen MR) is 113 cm³/mol. The summed E-state index contributed by atoms with van der Waals surface area (Å²) in [6, 6.07) is 5.58. The molecule has 0 saturated carbocycles. The molecule has 1 aromatic rings. The van der Waals surface area contributed by atoms with E-state index < -0.39 is 17.9 Å². The monoisotopic (exact) mass is 416 g/mol. The summed E-state index contributed by atoms with van der Waals surface area (Å²) in [5.74, 6) is -0.332. The second-order valence-corrected chi connectivity index (χ2v) is 8.81. The third kappa shape index (κ3) is 4.68. The highest BCUT2D eigenvalue weighted by molar-refractivity contribution is 5.76. The number of carbonyl (C=O) groups excluding carboxylic acids is 2. The minimum atomic E-state index is -0.841. The van der Waals surface area contributed by atoms with Crippen molar-refractivity contribution in [2.75, 3.05) is 20.2 Å². The van der Waals surface area contributed by atoms with Crippen LogP contribution in [0.25, 0.3) is 5.57 Å². The zero-order chi connectivity index (χ0) is 22.1. The van der Waals surface area contributed by atoms with Crippen molar-refractivity contribution in [2.45, 2.75) is 65.0 Å². The van der Waals surface area contributed by atoms with Crippen LogP contribution < -0.4 is 0 Å². The van der Waals surface area contributed by atoms with E-state index in [4.69, 9.17) is 9.47 Å². The second kappa shape index (κ2) is 8.78. The molecule has 2 heterocycles. The molecule has 164 valence electrons. The molecule has 2 aliphatic rings. The molecule has 7 nitrogen and oxygen atoms in total. The summed E-state index contributed by atoms with van der Waals surface area (Å²) < 4.78 is 10.3. The van der Waals surface area contributed by atoms with E-state index in [0.29, 0.717) is 26.1 Å². The zero-order valence-corrected chi connectivity index (χ0v) is 18.5. The van der Waals surface area contributed by atoms with Crippen LogP contribution in [0.3, 0.4) is 0 Å². The summed E-state index contributed by atoms with van der Waals surface area (Å²) >= 11 is 0. The van der Waals surface area contributed by atoms with Crippen molar-refractivity contribution < 1.29 is 24.2 Å². The van der Waals surface area contributed by atoms with Crippen molar-refractivity contribution in [3.63, 3.8) is 0 Å². The van der Waals surface area contributed by atoms with Gasteiger partial charge < -0.3 is 19.5 Å². The molecule has 1 amide bonds. The van der Waals surface area contributed by atoms with Crippen LogP contribution in [-0.4, -0.2) is 58.8 Å². The van der Waals surface area contributed by atoms with Crippen molar-refractivity contribution >= 4 is 17.6 Å². The molecule has 0 aliphatic carbocycles. The molecule has 30 heavy (non-hydrogen) atoms. The Labute approximate surface area is 178 Å². The Morgan fingerprint density at radius 2 is 2.03 bits per heavy atom. The number of aliphatic hydroxyl groups excluding tert-OH is 1. The number of hydrogen-bond donors (Lipinski definition) is 1. The first-order chi connectivity index (χ1) is 14.1. The number of methoxy groups -OCH3 is 1. The van der Waals surface area contributed by atoms with E-state index in [1.165, 1.54) is 7.11 Å². The maximum atomic E-state index is 12.3. The van der Waals surface area contributed by atoms with Gasteiger partial charge in [-0.05, 0) is 56.4 Å². The summed E-state index contributed by atoms with van der Waals surface area (Å²) in [5, 5.41) is 10.9. The molecule has 0 radical (unpaired) electrons. The number of fused-ring (bicyclic) bond motifs is 1. The van der Waals surface area contributed by atoms with Gasteiger partial charge in [0.25, 0.3) is 0 Å². The van der Waals surface area contributed by atoms with Gasteiger partial charge in [-0.3, -0.25) is 9.69 Å². The van der Waals surface area contributed by atoms with Crippen LogP contribution in [0.15, 0.2) is 24.3 Å². The summed E-state index contributed by atoms with van der Waals surface area (Å²) in [6.45, 7) is 9.08. The van der Waals surface area contributed by atoms with Gasteiger partial charge in [0, 0.05) is 25.2 Å². The highest BCUT2D eigenvalue weighted by Crippen LogP contribution is 2.37. The Bertz CT molecular complexity index is 842. The van der Waals surface area contributed by atoms with E-state index in [-0.39, 0.29) is 12.1 Å². The second-order valence-electron chi connectivity index (χ2n) is 8.81. The fraction of sp³-hybridized carbons (Fsp3) is 0.565. The standard InChI is InChI=1S/C23H32N2O5/c1-6-19(21(27)29-5)25-14-17-8-7-16(13-18(17)20(25)26)15-9-11-24(12-10-15)22(28)30-23(2,3)4/h7-9,13,19-20,26H,6,10-12,14H2,1-5H3. The van der Waals surface area contributed by atoms with Crippen molar-refractivity contribution in [1.29, 1.82) is 0 Å². The molecule has 0 fully saturated rings. The fourth-order valence-electron chi connectivity index (χ4n) is 4.02. The van der Waals surface area contributed by atoms with Crippen LogP contribution >= 0.6 is 0 Å². The number of hydrogen-bond acceptors (Lipinski definition) is 6. The van der Waals surface area contributed by atoms with Crippen LogP contribution in [0.2, 0.25) is 0 Å². The number of rotatable bonds is 4. The van der Waals surface area contributed by atoms with Gasteiger partial charge in [0.2, 0.25) is 0 Å². The lowest BCUT2D eigenvalue weighted by molar-refractivity contribution is -0.152. The first kappa shape index (κ1) is 22.3. The largest absolute Gasteiger partial charge is 0.468 e. The van der Waals surface area contributed by atoms with Crippen LogP contribution in [0.5, 0.6) is 0 Å². The van der Waals surface area contributed by atoms with Gasteiger partial charge in [0.05, 0.1) is 7.11 Å². The lowest BCUT2D eigenvalue weighted by Crippen LogP contribution is -2.40. The van der Waals surface area contributed by atoms with Gasteiger partial charge in [0.15, 0.2) is 0 Å². The molecule has 0 aromatic heterocycles. The summed E-state index contributed by atoms with van der Waals surface area (Å²) in [5.41, 5.74) is 3.50. The maximum Gasteiger partial charge on any atom is 0.410 e. The lowest BCUT2D eigenvalue weighted by atomic mass is 9.96. The maximum absolute atomic E-state index is 12.3. The molecule has 2 atom stereocenters. The van der Waals surface area contributed by atoms with E-state index in [1.807, 2.05) is 52.0 Å². The van der Waals surface area contributed by atoms with Gasteiger partial charge in [0.1, 0.15) is 17.9 Å². The van der Waals surface area contributed by atoms with Gasteiger partial charge in [-0.2, -0.15) is 0 Å². The van der Waals surface area contributed by atoms with Gasteiger partial charge >= 0.3 is 12.1 Å². The number of carbonyl (C=O) groups is 2. The number of benzene rings is 1. The first-order valence-electron chi connectivity index (χ1n) is 10.5. The Morgan fingerprint density at radius 3 is 2.60 bits per heavy atom. The molecule has 0 bridgehead atoms. The Kier molecular flexibility index (Phi) is 6.53. The highest BCUT2D eigenvalue weighted by Gasteiger charge is 2.37. The number of ether oxygens (including phenoxy) is 2. The van der Waals surface area contributed by atoms with E-state index in [1.54, 1.807) is 9.80 Å². The Balaban J connectivity index is 1.73. The van der Waals surface area contributed by atoms with E-state index in [2.05, 4.69) is 0 Å². The van der Waals surface area contributed by atoms with Crippen molar-refractivity contribution in [1.82, 2.24) is 9.80 Å². The topological polar surface area (TPSA) is 79.3 Å². The molecule has 0 saturated heterocycles. The summed E-state index contributed by atoms with van der Waals surface area (Å²) in [4.78, 5) is 27.8. The zero-order valence-electron chi connectivity index (χ0n) is 18.5. The smallest absolute Gasteiger partial charge is 0.410 e. The molecular formula is C23H32N2O5. The van der Waals surface area contributed by atoms with Crippen molar-refractivity contribution in [2.24, 2.45) is 0 Å². The molecule has 1 N–H and O–H groups in total. The van der Waals surface area contributed by atoms with E-state index in [9.17, 15) is 14.7 Å². The molecule has 0 spiro atoms. The number of nitrogens with zero attached hydrogens (tertiary/aromatic N) is 2. The predicted octanol–water partition coefficient (Wildman–Crippen LogP) is 3.47. The minimum Gasteiger partial charge on any atom is -0.468 e. The summed E-state index contributed by atoms with van der Waals surface area (Å²) in [6.07, 6.45) is 2.18. The average Bonchev–Trinajstić information content (AvgIpc) is 3.03. The van der Waals surface area contributed by atoms with Crippen molar-refractivity contribution in [3.05, 3.63) is 41.0 Å². The number of amides is 1. The normalized spacial score (nSPS) is 20.4. The lowest BCUT2D eigenvalue weighted by Gasteiger charge is -2.29. The van der Waals surface area contributed by atoms with E-state index in [0.717, 1.165) is 28.7 Å². The first-order valence-corrected chi connectivity index (χ1v) is 10.5. The molecule has 1 aromatic carbocycles. The fourth-order valence-corrected chi connectivity index (χ4v) is 4.02. The number of aliphatic hydroxyl groups is 1. The highest BCUT2D eigenvalue weighted by atomic mass is 16.6. The number of esters is 1. The van der Waals surface area contributed by atoms with E-state index >= 15 is 0 Å².